The molecule has 2 aliphatic rings. The van der Waals surface area contributed by atoms with Crippen molar-refractivity contribution in [2.24, 2.45) is 0 Å². The predicted octanol–water partition coefficient (Wildman–Crippen LogP) is 2.02. The van der Waals surface area contributed by atoms with Crippen molar-refractivity contribution in [1.29, 1.82) is 0 Å². The van der Waals surface area contributed by atoms with Crippen molar-refractivity contribution in [3.05, 3.63) is 35.1 Å². The van der Waals surface area contributed by atoms with Crippen LogP contribution in [0, 0.1) is 17.5 Å². The molecule has 1 aromatic rings. The van der Waals surface area contributed by atoms with Crippen molar-refractivity contribution in [1.82, 2.24) is 9.80 Å². The van der Waals surface area contributed by atoms with Crippen LogP contribution in [0.1, 0.15) is 23.2 Å². The Morgan fingerprint density at radius 3 is 2.25 bits per heavy atom. The zero-order chi connectivity index (χ0) is 14.3. The van der Waals surface area contributed by atoms with Gasteiger partial charge in [-0.15, -0.1) is 0 Å². The van der Waals surface area contributed by atoms with E-state index in [-0.39, 0.29) is 0 Å². The van der Waals surface area contributed by atoms with E-state index in [1.54, 1.807) is 0 Å². The molecule has 1 aromatic carbocycles. The highest BCUT2D eigenvalue weighted by Crippen LogP contribution is 2.27. The number of nitrogens with zero attached hydrogens (tertiary/aromatic N) is 2. The fourth-order valence-electron chi connectivity index (χ4n) is 2.59. The quantitative estimate of drug-likeness (QED) is 0.776. The molecule has 6 heteroatoms. The summed E-state index contributed by atoms with van der Waals surface area (Å²) in [7, 11) is 0. The van der Waals surface area contributed by atoms with Gasteiger partial charge in [0, 0.05) is 32.2 Å². The average molecular weight is 284 g/mol. The third-order valence-corrected chi connectivity index (χ3v) is 3.93. The van der Waals surface area contributed by atoms with Crippen LogP contribution in [0.15, 0.2) is 12.1 Å². The molecule has 0 atom stereocenters. The van der Waals surface area contributed by atoms with E-state index in [2.05, 4.69) is 4.90 Å². The number of halogens is 3. The van der Waals surface area contributed by atoms with E-state index in [9.17, 15) is 18.0 Å². The Labute approximate surface area is 115 Å². The van der Waals surface area contributed by atoms with Gasteiger partial charge in [-0.25, -0.2) is 13.2 Å². The van der Waals surface area contributed by atoms with Gasteiger partial charge in [0.15, 0.2) is 17.5 Å². The predicted molar refractivity (Wildman–Crippen MR) is 66.8 cm³/mol. The average Bonchev–Trinajstić information content (AvgIpc) is 3.29. The zero-order valence-corrected chi connectivity index (χ0v) is 10.9. The topological polar surface area (TPSA) is 23.6 Å². The smallest absolute Gasteiger partial charge is 0.257 e. The van der Waals surface area contributed by atoms with Crippen LogP contribution in [0.3, 0.4) is 0 Å². The summed E-state index contributed by atoms with van der Waals surface area (Å²) < 4.78 is 39.6. The number of hydrogen-bond acceptors (Lipinski definition) is 2. The van der Waals surface area contributed by atoms with Crippen molar-refractivity contribution < 1.29 is 18.0 Å². The van der Waals surface area contributed by atoms with E-state index in [0.717, 1.165) is 25.2 Å². The summed E-state index contributed by atoms with van der Waals surface area (Å²) in [4.78, 5) is 16.0. The second kappa shape index (κ2) is 5.09. The molecule has 1 amide bonds. The lowest BCUT2D eigenvalue weighted by Crippen LogP contribution is -2.49. The molecule has 1 aliphatic carbocycles. The molecule has 1 heterocycles. The van der Waals surface area contributed by atoms with Gasteiger partial charge in [0.1, 0.15) is 0 Å². The van der Waals surface area contributed by atoms with E-state index in [4.69, 9.17) is 0 Å². The van der Waals surface area contributed by atoms with Crippen LogP contribution in [0.5, 0.6) is 0 Å². The van der Waals surface area contributed by atoms with E-state index >= 15 is 0 Å². The molecular formula is C14H15F3N2O. The van der Waals surface area contributed by atoms with Crippen LogP contribution in [0.25, 0.3) is 0 Å². The van der Waals surface area contributed by atoms with Crippen LogP contribution in [-0.2, 0) is 0 Å². The molecule has 1 saturated carbocycles. The molecule has 0 spiro atoms. The summed E-state index contributed by atoms with van der Waals surface area (Å²) in [6.45, 7) is 2.49. The fraction of sp³-hybridized carbons (Fsp3) is 0.500. The maximum atomic E-state index is 13.6. The Hall–Kier alpha value is -1.56. The van der Waals surface area contributed by atoms with Crippen molar-refractivity contribution in [3.63, 3.8) is 0 Å². The molecule has 0 radical (unpaired) electrons. The molecular weight excluding hydrogens is 269 g/mol. The largest absolute Gasteiger partial charge is 0.336 e. The van der Waals surface area contributed by atoms with Crippen molar-refractivity contribution >= 4 is 5.91 Å². The normalized spacial score (nSPS) is 20.2. The summed E-state index contributed by atoms with van der Waals surface area (Å²) in [6.07, 6.45) is 2.40. The van der Waals surface area contributed by atoms with Crippen LogP contribution in [0.4, 0.5) is 13.2 Å². The second-order valence-corrected chi connectivity index (χ2v) is 5.28. The van der Waals surface area contributed by atoms with Crippen LogP contribution >= 0.6 is 0 Å². The Bertz CT molecular complexity index is 537. The van der Waals surface area contributed by atoms with Gasteiger partial charge in [0.2, 0.25) is 0 Å². The fourth-order valence-corrected chi connectivity index (χ4v) is 2.59. The first kappa shape index (κ1) is 13.4. The number of rotatable bonds is 2. The standard InChI is InChI=1S/C14H15F3N2O/c15-11-4-3-10(12(16)13(11)17)14(20)19-7-5-18(6-8-19)9-1-2-9/h3-4,9H,1-2,5-8H2. The van der Waals surface area contributed by atoms with Crippen LogP contribution in [0.2, 0.25) is 0 Å². The highest BCUT2D eigenvalue weighted by molar-refractivity contribution is 5.94. The minimum Gasteiger partial charge on any atom is -0.336 e. The molecule has 0 bridgehead atoms. The van der Waals surface area contributed by atoms with Crippen LogP contribution < -0.4 is 0 Å². The first-order valence-corrected chi connectivity index (χ1v) is 6.74. The number of hydrogen-bond donors (Lipinski definition) is 0. The maximum Gasteiger partial charge on any atom is 0.257 e. The summed E-state index contributed by atoms with van der Waals surface area (Å²) in [6, 6.07) is 2.42. The van der Waals surface area contributed by atoms with Crippen molar-refractivity contribution in [2.75, 3.05) is 26.2 Å². The minimum absolute atomic E-state index is 0.399. The van der Waals surface area contributed by atoms with Gasteiger partial charge in [-0.2, -0.15) is 0 Å². The molecule has 0 unspecified atom stereocenters. The number of carbonyl (C=O) groups is 1. The summed E-state index contributed by atoms with van der Waals surface area (Å²) >= 11 is 0. The lowest BCUT2D eigenvalue weighted by Gasteiger charge is -2.34. The molecule has 3 rings (SSSR count). The lowest BCUT2D eigenvalue weighted by atomic mass is 10.1. The van der Waals surface area contributed by atoms with Gasteiger partial charge < -0.3 is 4.90 Å². The van der Waals surface area contributed by atoms with E-state index < -0.39 is 28.9 Å². The van der Waals surface area contributed by atoms with E-state index in [1.165, 1.54) is 17.7 Å². The molecule has 108 valence electrons. The zero-order valence-electron chi connectivity index (χ0n) is 10.9. The Morgan fingerprint density at radius 1 is 1.00 bits per heavy atom. The van der Waals surface area contributed by atoms with Crippen molar-refractivity contribution in [2.45, 2.75) is 18.9 Å². The summed E-state index contributed by atoms with van der Waals surface area (Å²) in [5, 5.41) is 0. The van der Waals surface area contributed by atoms with Crippen LogP contribution in [-0.4, -0.2) is 47.9 Å². The third kappa shape index (κ3) is 2.40. The molecule has 3 nitrogen and oxygen atoms in total. The van der Waals surface area contributed by atoms with E-state index in [0.29, 0.717) is 19.1 Å². The Morgan fingerprint density at radius 2 is 1.65 bits per heavy atom. The molecule has 1 saturated heterocycles. The summed E-state index contributed by atoms with van der Waals surface area (Å²) in [5.74, 6) is -4.85. The SMILES string of the molecule is O=C(c1ccc(F)c(F)c1F)N1CCN(C2CC2)CC1. The molecule has 2 fully saturated rings. The van der Waals surface area contributed by atoms with Gasteiger partial charge in [-0.3, -0.25) is 9.69 Å². The molecule has 1 aliphatic heterocycles. The van der Waals surface area contributed by atoms with Crippen molar-refractivity contribution in [3.8, 4) is 0 Å². The highest BCUT2D eigenvalue weighted by Gasteiger charge is 2.33. The Kier molecular flexibility index (Phi) is 3.41. The first-order valence-electron chi connectivity index (χ1n) is 6.74. The number of piperazine rings is 1. The van der Waals surface area contributed by atoms with Gasteiger partial charge in [-0.05, 0) is 25.0 Å². The summed E-state index contributed by atoms with van der Waals surface area (Å²) in [5.41, 5.74) is -0.399. The second-order valence-electron chi connectivity index (χ2n) is 5.28. The van der Waals surface area contributed by atoms with Gasteiger partial charge in [-0.1, -0.05) is 0 Å². The number of benzene rings is 1. The minimum atomic E-state index is -1.59. The molecule has 0 N–H and O–H groups in total. The van der Waals surface area contributed by atoms with E-state index in [1.807, 2.05) is 0 Å². The molecule has 0 aromatic heterocycles. The monoisotopic (exact) mass is 284 g/mol. The highest BCUT2D eigenvalue weighted by atomic mass is 19.2. The first-order chi connectivity index (χ1) is 9.58. The van der Waals surface area contributed by atoms with Gasteiger partial charge in [0.25, 0.3) is 5.91 Å². The number of amides is 1. The lowest BCUT2D eigenvalue weighted by molar-refractivity contribution is 0.0621. The third-order valence-electron chi connectivity index (χ3n) is 3.93. The molecule has 20 heavy (non-hydrogen) atoms. The van der Waals surface area contributed by atoms with Gasteiger partial charge in [0.05, 0.1) is 5.56 Å². The maximum absolute atomic E-state index is 13.6. The number of carbonyl (C=O) groups excluding carboxylic acids is 1. The Balaban J connectivity index is 1.71. The van der Waals surface area contributed by atoms with Gasteiger partial charge >= 0.3 is 0 Å².